The van der Waals surface area contributed by atoms with Crippen molar-refractivity contribution in [2.75, 3.05) is 11.9 Å². The first-order valence-corrected chi connectivity index (χ1v) is 8.20. The third kappa shape index (κ3) is 3.91. The molecule has 0 radical (unpaired) electrons. The van der Waals surface area contributed by atoms with E-state index in [1.807, 2.05) is 30.3 Å². The van der Waals surface area contributed by atoms with E-state index < -0.39 is 24.3 Å². The van der Waals surface area contributed by atoms with Gasteiger partial charge in [0, 0.05) is 6.61 Å². The number of aliphatic hydroxyl groups is 1. The largest absolute Gasteiger partial charge is 0.452 e. The highest BCUT2D eigenvalue weighted by molar-refractivity contribution is 6.05. The van der Waals surface area contributed by atoms with Gasteiger partial charge >= 0.3 is 0 Å². The fraction of sp³-hybridized carbons (Fsp3) is 0.263. The molecule has 0 aliphatic carbocycles. The van der Waals surface area contributed by atoms with Gasteiger partial charge in [-0.05, 0) is 24.6 Å². The Morgan fingerprint density at radius 2 is 2.00 bits per heavy atom. The highest BCUT2D eigenvalue weighted by Crippen LogP contribution is 2.34. The fourth-order valence-electron chi connectivity index (χ4n) is 2.53. The van der Waals surface area contributed by atoms with E-state index in [4.69, 9.17) is 14.2 Å². The summed E-state index contributed by atoms with van der Waals surface area (Å²) in [4.78, 5) is 24.5. The number of anilines is 1. The molecule has 0 spiro atoms. The van der Waals surface area contributed by atoms with Gasteiger partial charge in [-0.25, -0.2) is 0 Å². The Morgan fingerprint density at radius 3 is 2.73 bits per heavy atom. The van der Waals surface area contributed by atoms with Crippen molar-refractivity contribution in [3.8, 4) is 5.75 Å². The molecule has 0 aromatic heterocycles. The fourth-order valence-corrected chi connectivity index (χ4v) is 2.53. The average molecular weight is 357 g/mol. The monoisotopic (exact) mass is 357 g/mol. The minimum Gasteiger partial charge on any atom is -0.452 e. The van der Waals surface area contributed by atoms with Crippen LogP contribution in [0.2, 0.25) is 0 Å². The van der Waals surface area contributed by atoms with Crippen LogP contribution in [0.4, 0.5) is 5.69 Å². The average Bonchev–Trinajstić information content (AvgIpc) is 2.66. The number of carbonyl (C=O) groups is 2. The first-order chi connectivity index (χ1) is 12.6. The molecule has 26 heavy (non-hydrogen) atoms. The maximum atomic E-state index is 12.4. The molecule has 2 atom stereocenters. The number of nitrogens with one attached hydrogen (secondary N) is 1. The minimum absolute atomic E-state index is 0.108. The normalized spacial score (nSPS) is 17.0. The second kappa shape index (κ2) is 8.09. The molecular weight excluding hydrogens is 338 g/mol. The Kier molecular flexibility index (Phi) is 5.62. The number of hydrogen-bond acceptors (Lipinski definition) is 6. The third-order valence-electron chi connectivity index (χ3n) is 3.77. The van der Waals surface area contributed by atoms with Crippen LogP contribution in [-0.4, -0.2) is 36.0 Å². The van der Waals surface area contributed by atoms with Crippen LogP contribution < -0.4 is 10.1 Å². The zero-order chi connectivity index (χ0) is 18.5. The van der Waals surface area contributed by atoms with E-state index in [1.165, 1.54) is 6.07 Å². The van der Waals surface area contributed by atoms with E-state index in [9.17, 15) is 14.7 Å². The SMILES string of the molecule is CCOC(O)C(=O)c1cccc2c1OC(OCc1ccccc1)C(=O)N2. The van der Waals surface area contributed by atoms with Gasteiger partial charge < -0.3 is 24.6 Å². The van der Waals surface area contributed by atoms with E-state index in [-0.39, 0.29) is 24.5 Å². The van der Waals surface area contributed by atoms with E-state index in [2.05, 4.69) is 5.32 Å². The number of rotatable bonds is 7. The summed E-state index contributed by atoms with van der Waals surface area (Å²) in [7, 11) is 0. The Bertz CT molecular complexity index is 792. The first-order valence-electron chi connectivity index (χ1n) is 8.20. The first kappa shape index (κ1) is 18.1. The summed E-state index contributed by atoms with van der Waals surface area (Å²) < 4.78 is 16.1. The van der Waals surface area contributed by atoms with Crippen LogP contribution in [0.25, 0.3) is 0 Å². The van der Waals surface area contributed by atoms with Crippen LogP contribution in [-0.2, 0) is 20.9 Å². The number of amides is 1. The maximum Gasteiger partial charge on any atom is 0.294 e. The molecule has 7 nitrogen and oxygen atoms in total. The van der Waals surface area contributed by atoms with Crippen molar-refractivity contribution < 1.29 is 28.9 Å². The standard InChI is InChI=1S/C19H19NO6/c1-2-24-18(23)15(21)13-9-6-10-14-16(13)26-19(17(22)20-14)25-11-12-7-4-3-5-8-12/h3-10,18-19,23H,2,11H2,1H3,(H,20,22). The van der Waals surface area contributed by atoms with Gasteiger partial charge in [0.05, 0.1) is 17.9 Å². The molecule has 136 valence electrons. The lowest BCUT2D eigenvalue weighted by Gasteiger charge is -2.27. The lowest BCUT2D eigenvalue weighted by molar-refractivity contribution is -0.151. The van der Waals surface area contributed by atoms with Gasteiger partial charge in [0.2, 0.25) is 12.1 Å². The highest BCUT2D eigenvalue weighted by atomic mass is 16.7. The molecule has 2 unspecified atom stereocenters. The van der Waals surface area contributed by atoms with Crippen LogP contribution in [0.15, 0.2) is 48.5 Å². The quantitative estimate of drug-likeness (QED) is 0.582. The molecule has 7 heteroatoms. The number of para-hydroxylation sites is 1. The van der Waals surface area contributed by atoms with E-state index >= 15 is 0 Å². The van der Waals surface area contributed by atoms with Gasteiger partial charge in [-0.1, -0.05) is 36.4 Å². The Hall–Kier alpha value is -2.74. The van der Waals surface area contributed by atoms with Crippen molar-refractivity contribution in [2.45, 2.75) is 26.1 Å². The maximum absolute atomic E-state index is 12.4. The summed E-state index contributed by atoms with van der Waals surface area (Å²) in [6.45, 7) is 2.02. The predicted molar refractivity (Wildman–Crippen MR) is 92.7 cm³/mol. The molecule has 0 saturated carbocycles. The number of aliphatic hydroxyl groups excluding tert-OH is 1. The number of ether oxygens (including phenoxy) is 3. The Balaban J connectivity index is 1.78. The lowest BCUT2D eigenvalue weighted by atomic mass is 10.1. The molecule has 2 N–H and O–H groups in total. The van der Waals surface area contributed by atoms with E-state index in [0.29, 0.717) is 5.69 Å². The second-order valence-corrected chi connectivity index (χ2v) is 5.59. The van der Waals surface area contributed by atoms with Crippen LogP contribution in [0.5, 0.6) is 5.75 Å². The van der Waals surface area contributed by atoms with Crippen LogP contribution in [0, 0.1) is 0 Å². The smallest absolute Gasteiger partial charge is 0.294 e. The van der Waals surface area contributed by atoms with Crippen molar-refractivity contribution in [1.29, 1.82) is 0 Å². The zero-order valence-electron chi connectivity index (χ0n) is 14.2. The van der Waals surface area contributed by atoms with Crippen molar-refractivity contribution >= 4 is 17.4 Å². The van der Waals surface area contributed by atoms with Crippen molar-refractivity contribution in [2.24, 2.45) is 0 Å². The molecule has 0 fully saturated rings. The van der Waals surface area contributed by atoms with Crippen LogP contribution in [0.1, 0.15) is 22.8 Å². The summed E-state index contributed by atoms with van der Waals surface area (Å²) >= 11 is 0. The molecule has 2 aromatic carbocycles. The van der Waals surface area contributed by atoms with Gasteiger partial charge in [-0.3, -0.25) is 9.59 Å². The molecule has 3 rings (SSSR count). The topological polar surface area (TPSA) is 94.1 Å². The highest BCUT2D eigenvalue weighted by Gasteiger charge is 2.33. The summed E-state index contributed by atoms with van der Waals surface area (Å²) in [5.41, 5.74) is 1.33. The predicted octanol–water partition coefficient (Wildman–Crippen LogP) is 2.10. The summed E-state index contributed by atoms with van der Waals surface area (Å²) in [5.74, 6) is -0.973. The van der Waals surface area contributed by atoms with E-state index in [1.54, 1.807) is 19.1 Å². The number of fused-ring (bicyclic) bond motifs is 1. The van der Waals surface area contributed by atoms with Crippen molar-refractivity contribution in [3.63, 3.8) is 0 Å². The number of carbonyl (C=O) groups excluding carboxylic acids is 2. The molecule has 0 saturated heterocycles. The minimum atomic E-state index is -1.60. The third-order valence-corrected chi connectivity index (χ3v) is 3.77. The zero-order valence-corrected chi connectivity index (χ0v) is 14.2. The molecule has 0 bridgehead atoms. The van der Waals surface area contributed by atoms with Gasteiger partial charge in [0.25, 0.3) is 12.2 Å². The summed E-state index contributed by atoms with van der Waals surface area (Å²) in [6, 6.07) is 14.0. The van der Waals surface area contributed by atoms with Gasteiger partial charge in [-0.2, -0.15) is 0 Å². The van der Waals surface area contributed by atoms with Crippen molar-refractivity contribution in [1.82, 2.24) is 0 Å². The van der Waals surface area contributed by atoms with Crippen molar-refractivity contribution in [3.05, 3.63) is 59.7 Å². The summed E-state index contributed by atoms with van der Waals surface area (Å²) in [5, 5.41) is 12.4. The van der Waals surface area contributed by atoms with Crippen LogP contribution in [0.3, 0.4) is 0 Å². The van der Waals surface area contributed by atoms with Gasteiger partial charge in [0.15, 0.2) is 5.75 Å². The van der Waals surface area contributed by atoms with Gasteiger partial charge in [-0.15, -0.1) is 0 Å². The molecule has 2 aromatic rings. The molecule has 1 aliphatic heterocycles. The van der Waals surface area contributed by atoms with Crippen LogP contribution >= 0.6 is 0 Å². The number of benzene rings is 2. The molecule has 1 heterocycles. The Morgan fingerprint density at radius 1 is 1.23 bits per heavy atom. The number of ketones is 1. The number of Topliss-reactive ketones (excluding diaryl/α,β-unsaturated/α-hetero) is 1. The van der Waals surface area contributed by atoms with E-state index in [0.717, 1.165) is 5.56 Å². The molecule has 1 aliphatic rings. The van der Waals surface area contributed by atoms with Gasteiger partial charge in [0.1, 0.15) is 0 Å². The second-order valence-electron chi connectivity index (χ2n) is 5.59. The lowest BCUT2D eigenvalue weighted by Crippen LogP contribution is -2.40. The number of hydrogen-bond donors (Lipinski definition) is 2. The Labute approximate surface area is 150 Å². The summed E-state index contributed by atoms with van der Waals surface area (Å²) in [6.07, 6.45) is -2.81. The molecule has 1 amide bonds. The molecular formula is C19H19NO6.